The summed E-state index contributed by atoms with van der Waals surface area (Å²) in [5.41, 5.74) is 3.20. The van der Waals surface area contributed by atoms with Crippen LogP contribution in [0.2, 0.25) is 0 Å². The molecule has 3 amide bonds. The average molecular weight is 706 g/mol. The summed E-state index contributed by atoms with van der Waals surface area (Å²) in [6.07, 6.45) is -1.82. The summed E-state index contributed by atoms with van der Waals surface area (Å²) in [5.74, 6) is -1.26. The second-order valence-corrected chi connectivity index (χ2v) is 9.94. The van der Waals surface area contributed by atoms with Gasteiger partial charge in [0.2, 0.25) is 5.91 Å². The van der Waals surface area contributed by atoms with Crippen molar-refractivity contribution in [2.24, 2.45) is 5.92 Å². The normalized spacial score (nSPS) is 19.6. The van der Waals surface area contributed by atoms with E-state index in [4.69, 9.17) is 4.74 Å². The van der Waals surface area contributed by atoms with Gasteiger partial charge in [-0.15, -0.1) is 6.42 Å². The second-order valence-electron chi connectivity index (χ2n) is 9.94. The average Bonchev–Trinajstić information content (AvgIpc) is 3.21. The monoisotopic (exact) mass is 707 g/mol. The summed E-state index contributed by atoms with van der Waals surface area (Å²) in [4.78, 5) is 38.4. The first-order valence-electron chi connectivity index (χ1n) is 12.6. The summed E-state index contributed by atoms with van der Waals surface area (Å²) in [7, 11) is 0. The van der Waals surface area contributed by atoms with Crippen molar-refractivity contribution in [2.75, 3.05) is 13.1 Å². The molecule has 3 aliphatic heterocycles. The Bertz CT molecular complexity index is 1270. The van der Waals surface area contributed by atoms with Gasteiger partial charge in [-0.2, -0.15) is 17.7 Å². The predicted octanol–water partition coefficient (Wildman–Crippen LogP) is 3.79. The number of rotatable bonds is 6. The van der Waals surface area contributed by atoms with Gasteiger partial charge in [0.15, 0.2) is 6.54 Å². The van der Waals surface area contributed by atoms with E-state index in [0.717, 1.165) is 16.7 Å². The fourth-order valence-electron chi connectivity index (χ4n) is 5.09. The predicted molar refractivity (Wildman–Crippen MR) is 131 cm³/mol. The first-order valence-corrected chi connectivity index (χ1v) is 12.6. The number of carbonyl (C=O) groups is 3. The Morgan fingerprint density at radius 3 is 2.41 bits per heavy atom. The number of hydrogen-bond donors (Lipinski definition) is 1. The van der Waals surface area contributed by atoms with Gasteiger partial charge >= 0.3 is 12.1 Å². The molecule has 1 N–H and O–H groups in total. The first kappa shape index (κ1) is 29.2. The van der Waals surface area contributed by atoms with Gasteiger partial charge in [0.25, 0.3) is 0 Å². The molecule has 0 atom stereocenters. The smallest absolute Gasteiger partial charge is 0.417 e. The van der Waals surface area contributed by atoms with Crippen molar-refractivity contribution < 1.29 is 62.7 Å². The van der Waals surface area contributed by atoms with Crippen LogP contribution in [0.15, 0.2) is 42.5 Å². The van der Waals surface area contributed by atoms with Gasteiger partial charge in [-0.1, -0.05) is 30.3 Å². The summed E-state index contributed by atoms with van der Waals surface area (Å²) in [6, 6.07) is 13.1. The molecule has 0 aromatic heterocycles. The molecule has 11 heteroatoms. The maximum Gasteiger partial charge on any atom is 0.417 e. The van der Waals surface area contributed by atoms with Gasteiger partial charge in [-0.25, -0.2) is 10.7 Å². The summed E-state index contributed by atoms with van der Waals surface area (Å²) in [5, 5.41) is 2.27. The Kier molecular flexibility index (Phi) is 9.11. The van der Waals surface area contributed by atoms with E-state index in [1.165, 1.54) is 10.8 Å². The molecule has 0 radical (unpaired) electrons. The molecule has 204 valence electrons. The molecular formula is C28H28F3HfN3O4. The maximum atomic E-state index is 12.9. The zero-order valence-corrected chi connectivity index (χ0v) is 24.8. The molecule has 7 nitrogen and oxygen atoms in total. The molecule has 2 aromatic carbocycles. The molecule has 3 aliphatic rings. The standard InChI is InChI=1S/C28H28F3N3O4.Hf/c29-28(30,31)21-10-12-33(13-11-21)14-18-4-6-19(7-5-18)17-38-24-3-1-2-22-23(24)16-34(27(22)37)15-20-8-9-25(35)32-26(20)36;/h1-7,15,21H,8-14,16-17H2,(H,32,35,36);. The number of hydrogen-bond acceptors (Lipinski definition) is 5. The fraction of sp³-hybridized carbons (Fsp3) is 0.393. The number of nitrogens with one attached hydrogen (secondary N) is 1. The molecule has 0 unspecified atom stereocenters. The number of imide groups is 1. The molecule has 2 aromatic rings. The number of nitrogens with zero attached hydrogens (tertiary/aromatic N) is 2. The van der Waals surface area contributed by atoms with Gasteiger partial charge in [-0.3, -0.25) is 9.69 Å². The van der Waals surface area contributed by atoms with Crippen LogP contribution in [-0.2, 0) is 55.1 Å². The van der Waals surface area contributed by atoms with Gasteiger partial charge in [0.05, 0.1) is 11.5 Å². The molecule has 0 saturated carbocycles. The van der Waals surface area contributed by atoms with Crippen molar-refractivity contribution in [3.8, 4) is 5.75 Å². The second kappa shape index (κ2) is 12.2. The molecule has 0 spiro atoms. The van der Waals surface area contributed by atoms with Gasteiger partial charge in [0.1, 0.15) is 23.8 Å². The Hall–Kier alpha value is -2.79. The van der Waals surface area contributed by atoms with E-state index in [9.17, 15) is 27.6 Å². The van der Waals surface area contributed by atoms with Crippen molar-refractivity contribution in [1.29, 1.82) is 0 Å². The van der Waals surface area contributed by atoms with Crippen LogP contribution >= 0.6 is 0 Å². The fourth-order valence-corrected chi connectivity index (χ4v) is 5.09. The third-order valence-electron chi connectivity index (χ3n) is 7.30. The number of alkyl halides is 3. The number of fused-ring (bicyclic) bond motifs is 1. The van der Waals surface area contributed by atoms with E-state index in [2.05, 4.69) is 5.32 Å². The Labute approximate surface area is 243 Å². The molecule has 0 bridgehead atoms. The topological polar surface area (TPSA) is 78.7 Å². The van der Waals surface area contributed by atoms with Crippen molar-refractivity contribution in [2.45, 2.75) is 51.6 Å². The Morgan fingerprint density at radius 2 is 1.74 bits per heavy atom. The minimum absolute atomic E-state index is 0. The van der Waals surface area contributed by atoms with Crippen LogP contribution in [0, 0.1) is 11.8 Å². The molecular weight excluding hydrogens is 678 g/mol. The van der Waals surface area contributed by atoms with E-state index in [1.807, 2.05) is 29.2 Å². The molecule has 5 rings (SSSR count). The van der Waals surface area contributed by atoms with Crippen LogP contribution in [0.1, 0.15) is 52.7 Å². The van der Waals surface area contributed by atoms with E-state index in [1.54, 1.807) is 18.2 Å². The minimum atomic E-state index is -4.11. The van der Waals surface area contributed by atoms with Crippen molar-refractivity contribution in [3.63, 3.8) is 0 Å². The largest absolute Gasteiger partial charge is 0.488 e. The number of amides is 3. The van der Waals surface area contributed by atoms with Crippen LogP contribution in [0.3, 0.4) is 0 Å². The van der Waals surface area contributed by atoms with Gasteiger partial charge in [-0.05, 0) is 49.2 Å². The van der Waals surface area contributed by atoms with Gasteiger partial charge < -0.3 is 14.8 Å². The Morgan fingerprint density at radius 1 is 1.05 bits per heavy atom. The quantitative estimate of drug-likeness (QED) is 0.214. The van der Waals surface area contributed by atoms with E-state index in [0.29, 0.717) is 36.9 Å². The zero-order valence-electron chi connectivity index (χ0n) is 21.2. The number of piperidine rings is 2. The summed E-state index contributed by atoms with van der Waals surface area (Å²) in [6.45, 7) is 2.02. The van der Waals surface area contributed by atoms with Gasteiger partial charge in [0, 0.05) is 45.0 Å². The summed E-state index contributed by atoms with van der Waals surface area (Å²) >= 11 is 0. The zero-order chi connectivity index (χ0) is 26.9. The molecule has 0 aliphatic carbocycles. The SMILES string of the molecule is O=C1CC[C-](C=[N+]2Cc3c(OCc4ccc(CN5CCC(C(F)(F)F)CC5)cc4)cccc3C2=O)C(=O)N1.[Hf]. The minimum Gasteiger partial charge on any atom is -0.488 e. The van der Waals surface area contributed by atoms with Crippen molar-refractivity contribution in [1.82, 2.24) is 10.2 Å². The van der Waals surface area contributed by atoms with E-state index >= 15 is 0 Å². The number of carbonyl (C=O) groups excluding carboxylic acids is 3. The van der Waals surface area contributed by atoms with Crippen molar-refractivity contribution >= 4 is 23.9 Å². The van der Waals surface area contributed by atoms with E-state index in [-0.39, 0.29) is 76.5 Å². The summed E-state index contributed by atoms with van der Waals surface area (Å²) < 4.78 is 46.2. The van der Waals surface area contributed by atoms with Crippen LogP contribution in [0.4, 0.5) is 13.2 Å². The molecule has 2 saturated heterocycles. The van der Waals surface area contributed by atoms with Crippen LogP contribution in [0.5, 0.6) is 5.75 Å². The number of benzene rings is 2. The third kappa shape index (κ3) is 6.87. The van der Waals surface area contributed by atoms with Crippen molar-refractivity contribution in [3.05, 3.63) is 70.6 Å². The van der Waals surface area contributed by atoms with Crippen LogP contribution < -0.4 is 10.1 Å². The number of ether oxygens (including phenoxy) is 1. The first-order chi connectivity index (χ1) is 18.2. The molecule has 3 heterocycles. The maximum absolute atomic E-state index is 12.9. The number of likely N-dealkylation sites (tertiary alicyclic amines) is 1. The Balaban J connectivity index is 0.00000353. The van der Waals surface area contributed by atoms with Crippen LogP contribution in [0.25, 0.3) is 0 Å². The van der Waals surface area contributed by atoms with E-state index < -0.39 is 18.0 Å². The number of halogens is 3. The van der Waals surface area contributed by atoms with Crippen LogP contribution in [-0.4, -0.2) is 52.7 Å². The molecule has 39 heavy (non-hydrogen) atoms. The third-order valence-corrected chi connectivity index (χ3v) is 7.30. The molecule has 2 fully saturated rings.